The number of benzene rings is 3. The van der Waals surface area contributed by atoms with Crippen LogP contribution in [0.2, 0.25) is 0 Å². The van der Waals surface area contributed by atoms with Gasteiger partial charge in [0.25, 0.3) is 0 Å². The molecule has 4 aromatic rings. The third kappa shape index (κ3) is 2.08. The first kappa shape index (κ1) is 12.7. The predicted molar refractivity (Wildman–Crippen MR) is 96.3 cm³/mol. The van der Waals surface area contributed by atoms with Crippen molar-refractivity contribution in [3.63, 3.8) is 0 Å². The Labute approximate surface area is 136 Å². The normalized spacial score (nSPS) is 11.1. The Balaban J connectivity index is 1.97. The third-order valence-electron chi connectivity index (χ3n) is 3.58. The minimum absolute atomic E-state index is 0.928. The fourth-order valence-corrected chi connectivity index (χ4v) is 3.29. The number of furan rings is 1. The van der Waals surface area contributed by atoms with Crippen molar-refractivity contribution >= 4 is 56.2 Å². The molecule has 4 rings (SSSR count). The second-order valence-corrected chi connectivity index (χ2v) is 5.83. The fourth-order valence-electron chi connectivity index (χ4n) is 2.58. The van der Waals surface area contributed by atoms with E-state index in [0.717, 1.165) is 33.3 Å². The molecule has 0 aliphatic rings. The first-order chi connectivity index (χ1) is 10.3. The SMILES string of the molecule is IN(c1ccccc1)c1cccc2c1oc1ccccc12. The molecule has 0 saturated heterocycles. The fraction of sp³-hybridized carbons (Fsp3) is 0. The van der Waals surface area contributed by atoms with Gasteiger partial charge in [-0.2, -0.15) is 0 Å². The van der Waals surface area contributed by atoms with Crippen LogP contribution < -0.4 is 3.11 Å². The molecule has 0 aliphatic carbocycles. The molecule has 21 heavy (non-hydrogen) atoms. The van der Waals surface area contributed by atoms with Crippen molar-refractivity contribution in [2.45, 2.75) is 0 Å². The zero-order chi connectivity index (χ0) is 14.2. The van der Waals surface area contributed by atoms with Crippen molar-refractivity contribution in [2.24, 2.45) is 0 Å². The van der Waals surface area contributed by atoms with E-state index in [1.54, 1.807) is 0 Å². The maximum atomic E-state index is 6.08. The van der Waals surface area contributed by atoms with Crippen molar-refractivity contribution in [2.75, 3.05) is 3.11 Å². The Morgan fingerprint density at radius 3 is 2.29 bits per heavy atom. The molecular formula is C18H12INO. The number of rotatable bonds is 2. The lowest BCUT2D eigenvalue weighted by molar-refractivity contribution is 0.670. The maximum Gasteiger partial charge on any atom is 0.159 e. The van der Waals surface area contributed by atoms with Gasteiger partial charge in [0, 0.05) is 10.8 Å². The van der Waals surface area contributed by atoms with Crippen molar-refractivity contribution in [1.82, 2.24) is 0 Å². The molecule has 102 valence electrons. The molecule has 3 aromatic carbocycles. The molecule has 0 atom stereocenters. The van der Waals surface area contributed by atoms with Crippen molar-refractivity contribution in [1.29, 1.82) is 0 Å². The Morgan fingerprint density at radius 2 is 1.43 bits per heavy atom. The Kier molecular flexibility index (Phi) is 3.07. The summed E-state index contributed by atoms with van der Waals surface area (Å²) in [6, 6.07) is 24.7. The molecule has 2 nitrogen and oxygen atoms in total. The highest BCUT2D eigenvalue weighted by atomic mass is 127. The van der Waals surface area contributed by atoms with Gasteiger partial charge < -0.3 is 4.42 Å². The minimum Gasteiger partial charge on any atom is -0.454 e. The molecule has 1 aromatic heterocycles. The minimum atomic E-state index is 0.928. The van der Waals surface area contributed by atoms with Crippen LogP contribution in [-0.4, -0.2) is 0 Å². The monoisotopic (exact) mass is 385 g/mol. The lowest BCUT2D eigenvalue weighted by Crippen LogP contribution is -2.00. The van der Waals surface area contributed by atoms with Gasteiger partial charge in [-0.05, 0) is 24.3 Å². The van der Waals surface area contributed by atoms with Gasteiger partial charge in [-0.25, -0.2) is 0 Å². The van der Waals surface area contributed by atoms with Crippen LogP contribution in [0.1, 0.15) is 0 Å². The summed E-state index contributed by atoms with van der Waals surface area (Å²) in [6.07, 6.45) is 0. The Hall–Kier alpha value is -2.01. The number of hydrogen-bond acceptors (Lipinski definition) is 2. The average molecular weight is 385 g/mol. The summed E-state index contributed by atoms with van der Waals surface area (Å²) in [5, 5.41) is 2.31. The quantitative estimate of drug-likeness (QED) is 0.307. The zero-order valence-corrected chi connectivity index (χ0v) is 13.3. The van der Waals surface area contributed by atoms with Crippen LogP contribution >= 0.6 is 22.9 Å². The van der Waals surface area contributed by atoms with Crippen molar-refractivity contribution in [3.8, 4) is 0 Å². The van der Waals surface area contributed by atoms with Crippen LogP contribution in [0.3, 0.4) is 0 Å². The van der Waals surface area contributed by atoms with Crippen LogP contribution in [0.5, 0.6) is 0 Å². The Bertz CT molecular complexity index is 914. The predicted octanol–water partition coefficient (Wildman–Crippen LogP) is 6.07. The number of anilines is 2. The van der Waals surface area contributed by atoms with Gasteiger partial charge in [-0.15, -0.1) is 0 Å². The Morgan fingerprint density at radius 1 is 0.714 bits per heavy atom. The van der Waals surface area contributed by atoms with Crippen LogP contribution in [-0.2, 0) is 0 Å². The van der Waals surface area contributed by atoms with E-state index in [0.29, 0.717) is 0 Å². The summed E-state index contributed by atoms with van der Waals surface area (Å²) in [7, 11) is 0. The number of hydrogen-bond donors (Lipinski definition) is 0. The highest BCUT2D eigenvalue weighted by Crippen LogP contribution is 2.39. The first-order valence-corrected chi connectivity index (χ1v) is 7.72. The topological polar surface area (TPSA) is 16.4 Å². The lowest BCUT2D eigenvalue weighted by Gasteiger charge is -2.16. The first-order valence-electron chi connectivity index (χ1n) is 6.76. The summed E-state index contributed by atoms with van der Waals surface area (Å²) in [5.41, 5.74) is 4.05. The largest absolute Gasteiger partial charge is 0.454 e. The molecule has 0 spiro atoms. The molecule has 0 aliphatic heterocycles. The summed E-state index contributed by atoms with van der Waals surface area (Å²) in [4.78, 5) is 0. The van der Waals surface area contributed by atoms with Crippen LogP contribution in [0.4, 0.5) is 11.4 Å². The zero-order valence-electron chi connectivity index (χ0n) is 11.2. The van der Waals surface area contributed by atoms with Gasteiger partial charge in [0.1, 0.15) is 5.58 Å². The number of halogens is 1. The van der Waals surface area contributed by atoms with E-state index in [-0.39, 0.29) is 0 Å². The second kappa shape index (κ2) is 5.07. The van der Waals surface area contributed by atoms with Gasteiger partial charge in [-0.1, -0.05) is 48.5 Å². The van der Waals surface area contributed by atoms with Crippen LogP contribution in [0, 0.1) is 0 Å². The van der Waals surface area contributed by atoms with Gasteiger partial charge >= 0.3 is 0 Å². The molecule has 0 unspecified atom stereocenters. The van der Waals surface area contributed by atoms with E-state index < -0.39 is 0 Å². The van der Waals surface area contributed by atoms with E-state index in [1.807, 2.05) is 36.4 Å². The van der Waals surface area contributed by atoms with Crippen LogP contribution in [0.15, 0.2) is 77.2 Å². The van der Waals surface area contributed by atoms with Gasteiger partial charge in [0.15, 0.2) is 5.58 Å². The van der Waals surface area contributed by atoms with Gasteiger partial charge in [0.05, 0.1) is 34.2 Å². The van der Waals surface area contributed by atoms with E-state index >= 15 is 0 Å². The molecule has 3 heteroatoms. The van der Waals surface area contributed by atoms with Crippen LogP contribution in [0.25, 0.3) is 21.9 Å². The third-order valence-corrected chi connectivity index (χ3v) is 4.65. The van der Waals surface area contributed by atoms with E-state index in [1.165, 1.54) is 0 Å². The number of fused-ring (bicyclic) bond motifs is 3. The lowest BCUT2D eigenvalue weighted by atomic mass is 10.1. The maximum absolute atomic E-state index is 6.08. The average Bonchev–Trinajstić information content (AvgIpc) is 2.94. The molecule has 0 amide bonds. The molecule has 0 saturated carbocycles. The van der Waals surface area contributed by atoms with Gasteiger partial charge in [-0.3, -0.25) is 3.11 Å². The highest BCUT2D eigenvalue weighted by Gasteiger charge is 2.14. The molecule has 0 radical (unpaired) electrons. The molecule has 0 N–H and O–H groups in total. The molecule has 1 heterocycles. The van der Waals surface area contributed by atoms with Gasteiger partial charge in [0.2, 0.25) is 0 Å². The standard InChI is InChI=1S/C18H12INO/c19-20(13-7-2-1-3-8-13)16-11-6-10-15-14-9-4-5-12-17(14)21-18(15)16/h1-12H. The number of nitrogens with zero attached hydrogens (tertiary/aromatic N) is 1. The summed E-state index contributed by atoms with van der Waals surface area (Å²) >= 11 is 2.32. The van der Waals surface area contributed by atoms with E-state index in [4.69, 9.17) is 4.42 Å². The van der Waals surface area contributed by atoms with Crippen molar-refractivity contribution in [3.05, 3.63) is 72.8 Å². The number of para-hydroxylation sites is 3. The molecular weight excluding hydrogens is 373 g/mol. The summed E-state index contributed by atoms with van der Waals surface area (Å²) < 4.78 is 8.21. The summed E-state index contributed by atoms with van der Waals surface area (Å²) in [5.74, 6) is 0. The molecule has 0 fully saturated rings. The highest BCUT2D eigenvalue weighted by molar-refractivity contribution is 14.1. The van der Waals surface area contributed by atoms with E-state index in [9.17, 15) is 0 Å². The van der Waals surface area contributed by atoms with E-state index in [2.05, 4.69) is 62.4 Å². The second-order valence-electron chi connectivity index (χ2n) is 4.87. The summed E-state index contributed by atoms with van der Waals surface area (Å²) in [6.45, 7) is 0. The molecule has 0 bridgehead atoms. The smallest absolute Gasteiger partial charge is 0.159 e. The van der Waals surface area contributed by atoms with Crippen molar-refractivity contribution < 1.29 is 4.42 Å².